The molecule has 4 aromatic rings. The molecule has 8 rings (SSSR count). The van der Waals surface area contributed by atoms with E-state index >= 15 is 0 Å². The Morgan fingerprint density at radius 3 is 1.56 bits per heavy atom. The van der Waals surface area contributed by atoms with Crippen molar-refractivity contribution in [2.75, 3.05) is 70.5 Å². The molecular weight excluding hydrogens is 666 g/mol. The summed E-state index contributed by atoms with van der Waals surface area (Å²) < 4.78 is 37.7. The Hall–Kier alpha value is -5.72. The average molecular weight is 707 g/mol. The molecule has 0 radical (unpaired) electrons. The van der Waals surface area contributed by atoms with Crippen molar-refractivity contribution in [3.63, 3.8) is 0 Å². The number of benzene rings is 4. The molecule has 52 heavy (non-hydrogen) atoms. The summed E-state index contributed by atoms with van der Waals surface area (Å²) in [6, 6.07) is 24.7. The lowest BCUT2D eigenvalue weighted by molar-refractivity contribution is -0.111. The number of nitrogens with zero attached hydrogens (tertiary/aromatic N) is 2. The SMILES string of the molecule is CC1CN(c2ccc(N/C=C3/C(=O)Nc4cc(F)ccc43)cc2)CC(C)O1.O=C1Nc2cc(F)ccc2/C1=C\Nc1ccc(N2CCOCC2)cc1. The highest BCUT2D eigenvalue weighted by Crippen LogP contribution is 2.33. The highest BCUT2D eigenvalue weighted by molar-refractivity contribution is 6.32. The van der Waals surface area contributed by atoms with Crippen molar-refractivity contribution in [3.05, 3.63) is 120 Å². The van der Waals surface area contributed by atoms with Gasteiger partial charge in [-0.15, -0.1) is 0 Å². The lowest BCUT2D eigenvalue weighted by atomic mass is 10.1. The first kappa shape index (κ1) is 34.7. The summed E-state index contributed by atoms with van der Waals surface area (Å²) >= 11 is 0. The zero-order valence-corrected chi connectivity index (χ0v) is 28.9. The molecule has 2 unspecified atom stereocenters. The topological polar surface area (TPSA) is 107 Å². The Balaban J connectivity index is 0.000000162. The van der Waals surface area contributed by atoms with E-state index in [1.54, 1.807) is 24.5 Å². The number of anilines is 6. The molecule has 268 valence electrons. The fourth-order valence-electron chi connectivity index (χ4n) is 6.68. The van der Waals surface area contributed by atoms with Gasteiger partial charge < -0.3 is 40.5 Å². The highest BCUT2D eigenvalue weighted by atomic mass is 19.1. The molecule has 0 bridgehead atoms. The van der Waals surface area contributed by atoms with Crippen LogP contribution in [0.2, 0.25) is 0 Å². The van der Waals surface area contributed by atoms with E-state index < -0.39 is 0 Å². The summed E-state index contributed by atoms with van der Waals surface area (Å²) in [7, 11) is 0. The molecule has 0 aliphatic carbocycles. The van der Waals surface area contributed by atoms with E-state index in [0.717, 1.165) is 62.1 Å². The minimum Gasteiger partial charge on any atom is -0.378 e. The Kier molecular flexibility index (Phi) is 10.2. The van der Waals surface area contributed by atoms with Crippen LogP contribution in [0.1, 0.15) is 25.0 Å². The molecular formula is C40H40F2N6O4. The maximum atomic E-state index is 13.3. The minimum atomic E-state index is -0.370. The number of carbonyl (C=O) groups is 2. The van der Waals surface area contributed by atoms with Crippen molar-refractivity contribution >= 4 is 57.1 Å². The summed E-state index contributed by atoms with van der Waals surface area (Å²) in [4.78, 5) is 28.8. The van der Waals surface area contributed by atoms with E-state index in [4.69, 9.17) is 9.47 Å². The maximum Gasteiger partial charge on any atom is 0.257 e. The number of halogens is 2. The number of amides is 2. The molecule has 2 saturated heterocycles. The predicted octanol–water partition coefficient (Wildman–Crippen LogP) is 6.91. The molecule has 4 N–H and O–H groups in total. The van der Waals surface area contributed by atoms with Gasteiger partial charge in [-0.05, 0) is 98.8 Å². The number of nitrogens with one attached hydrogen (secondary N) is 4. The monoisotopic (exact) mass is 706 g/mol. The quantitative estimate of drug-likeness (QED) is 0.160. The summed E-state index contributed by atoms with van der Waals surface area (Å²) in [6.45, 7) is 9.20. The van der Waals surface area contributed by atoms with Gasteiger partial charge in [-0.3, -0.25) is 9.59 Å². The van der Waals surface area contributed by atoms with Crippen LogP contribution in [0, 0.1) is 11.6 Å². The van der Waals surface area contributed by atoms with Crippen molar-refractivity contribution in [1.29, 1.82) is 0 Å². The predicted molar refractivity (Wildman–Crippen MR) is 201 cm³/mol. The second-order valence-electron chi connectivity index (χ2n) is 13.0. The van der Waals surface area contributed by atoms with Crippen molar-refractivity contribution in [2.45, 2.75) is 26.1 Å². The molecule has 2 amide bonds. The molecule has 12 heteroatoms. The second-order valence-corrected chi connectivity index (χ2v) is 13.0. The maximum absolute atomic E-state index is 13.3. The van der Waals surface area contributed by atoms with E-state index in [-0.39, 0.29) is 35.7 Å². The number of hydrogen-bond acceptors (Lipinski definition) is 8. The third-order valence-electron chi connectivity index (χ3n) is 9.19. The number of carbonyl (C=O) groups excluding carboxylic acids is 2. The van der Waals surface area contributed by atoms with Gasteiger partial charge >= 0.3 is 0 Å². The molecule has 4 aliphatic heterocycles. The molecule has 4 aromatic carbocycles. The Morgan fingerprint density at radius 1 is 0.654 bits per heavy atom. The van der Waals surface area contributed by atoms with E-state index in [0.29, 0.717) is 33.6 Å². The third kappa shape index (κ3) is 7.93. The van der Waals surface area contributed by atoms with Crippen LogP contribution in [0.25, 0.3) is 11.1 Å². The Morgan fingerprint density at radius 2 is 1.10 bits per heavy atom. The first-order valence-corrected chi connectivity index (χ1v) is 17.3. The zero-order chi connectivity index (χ0) is 36.2. The molecule has 2 fully saturated rings. The zero-order valence-electron chi connectivity index (χ0n) is 28.9. The van der Waals surface area contributed by atoms with Crippen LogP contribution >= 0.6 is 0 Å². The van der Waals surface area contributed by atoms with Crippen molar-refractivity contribution in [2.24, 2.45) is 0 Å². The summed E-state index contributed by atoms with van der Waals surface area (Å²) in [5, 5.41) is 11.7. The number of hydrogen-bond donors (Lipinski definition) is 4. The van der Waals surface area contributed by atoms with Gasteiger partial charge in [0.05, 0.1) is 47.9 Å². The number of morpholine rings is 2. The van der Waals surface area contributed by atoms with E-state index in [1.165, 1.54) is 24.3 Å². The van der Waals surface area contributed by atoms with Crippen LogP contribution in [0.3, 0.4) is 0 Å². The van der Waals surface area contributed by atoms with Gasteiger partial charge in [0.25, 0.3) is 11.8 Å². The summed E-state index contributed by atoms with van der Waals surface area (Å²) in [5.41, 5.74) is 7.44. The molecule has 10 nitrogen and oxygen atoms in total. The van der Waals surface area contributed by atoms with Crippen LogP contribution < -0.4 is 31.1 Å². The number of fused-ring (bicyclic) bond motifs is 2. The van der Waals surface area contributed by atoms with Crippen molar-refractivity contribution < 1.29 is 27.8 Å². The summed E-state index contributed by atoms with van der Waals surface area (Å²) in [5.74, 6) is -1.22. The van der Waals surface area contributed by atoms with Crippen LogP contribution in [-0.4, -0.2) is 63.4 Å². The van der Waals surface area contributed by atoms with Crippen LogP contribution in [-0.2, 0) is 19.1 Å². The van der Waals surface area contributed by atoms with Gasteiger partial charge in [0, 0.05) is 72.5 Å². The van der Waals surface area contributed by atoms with E-state index in [1.807, 2.05) is 36.4 Å². The fraction of sp³-hybridized carbons (Fsp3) is 0.250. The number of rotatable bonds is 6. The normalized spacial score (nSPS) is 20.8. The molecule has 0 spiro atoms. The van der Waals surface area contributed by atoms with E-state index in [2.05, 4.69) is 57.0 Å². The van der Waals surface area contributed by atoms with Crippen molar-refractivity contribution in [1.82, 2.24) is 0 Å². The Labute approximate surface area is 301 Å². The first-order chi connectivity index (χ1) is 25.2. The molecule has 0 saturated carbocycles. The van der Waals surface area contributed by atoms with Gasteiger partial charge in [-0.25, -0.2) is 8.78 Å². The van der Waals surface area contributed by atoms with E-state index in [9.17, 15) is 18.4 Å². The van der Waals surface area contributed by atoms with Crippen LogP contribution in [0.4, 0.5) is 42.9 Å². The molecule has 4 heterocycles. The molecule has 0 aromatic heterocycles. The first-order valence-electron chi connectivity index (χ1n) is 17.3. The third-order valence-corrected chi connectivity index (χ3v) is 9.19. The fourth-order valence-corrected chi connectivity index (χ4v) is 6.68. The lowest BCUT2D eigenvalue weighted by Gasteiger charge is -2.36. The standard InChI is InChI=1S/C21H22FN3O2.C19H18FN3O2/c1-13-11-25(12-14(2)27-13)17-6-4-16(5-7-17)23-10-19-18-8-3-15(22)9-20(18)24-21(19)26;20-13-1-6-16-17(19(24)22-18(16)11-13)12-21-14-2-4-15(5-3-14)23-7-9-25-10-8-23/h3-10,13-14,23H,11-12H2,1-2H3,(H,24,26);1-6,11-12,21H,7-10H2,(H,22,24)/b19-10+;17-12+. The van der Waals surface area contributed by atoms with Crippen LogP contribution in [0.15, 0.2) is 97.3 Å². The van der Waals surface area contributed by atoms with Gasteiger partial charge in [-0.1, -0.05) is 0 Å². The Bertz CT molecular complexity index is 2000. The number of ether oxygens (including phenoxy) is 2. The van der Waals surface area contributed by atoms with Gasteiger partial charge in [0.1, 0.15) is 11.6 Å². The average Bonchev–Trinajstić information content (AvgIpc) is 3.63. The smallest absolute Gasteiger partial charge is 0.257 e. The molecule has 4 aliphatic rings. The van der Waals surface area contributed by atoms with Gasteiger partial charge in [0.15, 0.2) is 0 Å². The lowest BCUT2D eigenvalue weighted by Crippen LogP contribution is -2.45. The van der Waals surface area contributed by atoms with Gasteiger partial charge in [0.2, 0.25) is 0 Å². The van der Waals surface area contributed by atoms with Crippen LogP contribution in [0.5, 0.6) is 0 Å². The minimum absolute atomic E-state index is 0.210. The molecule has 2 atom stereocenters. The van der Waals surface area contributed by atoms with Gasteiger partial charge in [-0.2, -0.15) is 0 Å². The second kappa shape index (κ2) is 15.3. The van der Waals surface area contributed by atoms with Crippen molar-refractivity contribution in [3.8, 4) is 0 Å². The highest BCUT2D eigenvalue weighted by Gasteiger charge is 2.26. The largest absolute Gasteiger partial charge is 0.378 e. The summed E-state index contributed by atoms with van der Waals surface area (Å²) in [6.07, 6.45) is 3.74.